The predicted octanol–water partition coefficient (Wildman–Crippen LogP) is 0.247. The molecule has 0 aromatic heterocycles. The summed E-state index contributed by atoms with van der Waals surface area (Å²) in [7, 11) is 0. The van der Waals surface area contributed by atoms with Gasteiger partial charge in [-0.15, -0.1) is 6.42 Å². The number of terminal acetylenes is 1. The van der Waals surface area contributed by atoms with Crippen molar-refractivity contribution in [3.63, 3.8) is 0 Å². The Morgan fingerprint density at radius 3 is 2.14 bits per heavy atom. The fourth-order valence-electron chi connectivity index (χ4n) is 0.0456. The van der Waals surface area contributed by atoms with Crippen molar-refractivity contribution < 1.29 is 13.9 Å². The fourth-order valence-corrected chi connectivity index (χ4v) is 0.0456. The van der Waals surface area contributed by atoms with Crippen LogP contribution in [0.1, 0.15) is 0 Å². The molecule has 0 saturated carbocycles. The van der Waals surface area contributed by atoms with Gasteiger partial charge in [0.05, 0.1) is 0 Å². The first-order chi connectivity index (χ1) is 3.12. The Hall–Kier alpha value is -0.620. The van der Waals surface area contributed by atoms with Crippen molar-refractivity contribution in [2.45, 2.75) is 5.92 Å². The summed E-state index contributed by atoms with van der Waals surface area (Å²) in [5.41, 5.74) is 0. The molecule has 0 aromatic carbocycles. The lowest BCUT2D eigenvalue weighted by atomic mass is 10.4. The van der Waals surface area contributed by atoms with E-state index in [0.29, 0.717) is 0 Å². The van der Waals surface area contributed by atoms with E-state index in [1.807, 2.05) is 0 Å². The zero-order chi connectivity index (χ0) is 5.91. The van der Waals surface area contributed by atoms with E-state index in [0.717, 1.165) is 5.92 Å². The van der Waals surface area contributed by atoms with Gasteiger partial charge in [-0.25, -0.2) is 0 Å². The molecule has 0 fully saturated rings. The first-order valence-electron chi connectivity index (χ1n) is 1.59. The first-order valence-corrected chi connectivity index (χ1v) is 1.59. The van der Waals surface area contributed by atoms with Gasteiger partial charge >= 0.3 is 5.92 Å². The molecule has 0 radical (unpaired) electrons. The molecule has 0 aliphatic carbocycles. The van der Waals surface area contributed by atoms with Crippen LogP contribution in [-0.4, -0.2) is 17.6 Å². The fraction of sp³-hybridized carbons (Fsp3) is 0.500. The Kier molecular flexibility index (Phi) is 1.73. The molecule has 0 aromatic rings. The Morgan fingerprint density at radius 2 is 2.14 bits per heavy atom. The van der Waals surface area contributed by atoms with Gasteiger partial charge in [0.2, 0.25) is 0 Å². The summed E-state index contributed by atoms with van der Waals surface area (Å²) in [5.74, 6) is -2.23. The summed E-state index contributed by atoms with van der Waals surface area (Å²) in [6.45, 7) is -1.27. The minimum atomic E-state index is -3.33. The molecule has 0 amide bonds. The van der Waals surface area contributed by atoms with Crippen LogP contribution in [0.4, 0.5) is 8.78 Å². The van der Waals surface area contributed by atoms with Crippen LogP contribution in [0.3, 0.4) is 0 Å². The van der Waals surface area contributed by atoms with E-state index in [4.69, 9.17) is 5.11 Å². The number of aliphatic hydroxyl groups is 1. The highest BCUT2D eigenvalue weighted by molar-refractivity contribution is 4.99. The summed E-state index contributed by atoms with van der Waals surface area (Å²) in [6, 6.07) is 0. The van der Waals surface area contributed by atoms with Crippen molar-refractivity contribution in [2.75, 3.05) is 6.61 Å². The van der Waals surface area contributed by atoms with Crippen molar-refractivity contribution in [2.24, 2.45) is 0 Å². The Balaban J connectivity index is 3.66. The van der Waals surface area contributed by atoms with E-state index in [1.165, 1.54) is 0 Å². The van der Waals surface area contributed by atoms with Gasteiger partial charge in [-0.2, -0.15) is 8.78 Å². The topological polar surface area (TPSA) is 20.2 Å². The van der Waals surface area contributed by atoms with E-state index in [-0.39, 0.29) is 0 Å². The summed E-state index contributed by atoms with van der Waals surface area (Å²) in [6.07, 6.45) is 4.26. The summed E-state index contributed by atoms with van der Waals surface area (Å²) < 4.78 is 22.8. The van der Waals surface area contributed by atoms with Crippen molar-refractivity contribution in [3.8, 4) is 12.3 Å². The molecular weight excluding hydrogens is 102 g/mol. The van der Waals surface area contributed by atoms with Crippen LogP contribution in [0.2, 0.25) is 0 Å². The number of hydrogen-bond acceptors (Lipinski definition) is 1. The van der Waals surface area contributed by atoms with Gasteiger partial charge in [0.25, 0.3) is 0 Å². The second-order valence-corrected chi connectivity index (χ2v) is 1.01. The molecule has 3 heteroatoms. The third-order valence-electron chi connectivity index (χ3n) is 0.410. The van der Waals surface area contributed by atoms with Crippen molar-refractivity contribution in [3.05, 3.63) is 0 Å². The number of rotatable bonds is 1. The van der Waals surface area contributed by atoms with Crippen molar-refractivity contribution in [1.29, 1.82) is 0 Å². The molecule has 0 heterocycles. The van der Waals surface area contributed by atoms with Gasteiger partial charge in [0.15, 0.2) is 0 Å². The average molecular weight is 106 g/mol. The molecule has 0 atom stereocenters. The standard InChI is InChI=1S/C4H4F2O/c1-2-4(5,6)3-7/h1,7H,3H2. The van der Waals surface area contributed by atoms with Crippen LogP contribution in [0.5, 0.6) is 0 Å². The number of hydrogen-bond donors (Lipinski definition) is 1. The van der Waals surface area contributed by atoms with Gasteiger partial charge in [0, 0.05) is 0 Å². The average Bonchev–Trinajstić information content (AvgIpc) is 1.68. The van der Waals surface area contributed by atoms with Crippen molar-refractivity contribution >= 4 is 0 Å². The highest BCUT2D eigenvalue weighted by Crippen LogP contribution is 2.07. The normalized spacial score (nSPS) is 10.6. The smallest absolute Gasteiger partial charge is 0.330 e. The van der Waals surface area contributed by atoms with E-state index in [2.05, 4.69) is 6.42 Å². The van der Waals surface area contributed by atoms with Crippen molar-refractivity contribution in [1.82, 2.24) is 0 Å². The lowest BCUT2D eigenvalue weighted by molar-refractivity contribution is 0.00446. The zero-order valence-corrected chi connectivity index (χ0v) is 3.49. The van der Waals surface area contributed by atoms with E-state index >= 15 is 0 Å². The van der Waals surface area contributed by atoms with Gasteiger partial charge in [0.1, 0.15) is 6.61 Å². The summed E-state index contributed by atoms with van der Waals surface area (Å²) in [5, 5.41) is 7.70. The van der Waals surface area contributed by atoms with Crippen LogP contribution in [0.25, 0.3) is 0 Å². The van der Waals surface area contributed by atoms with Gasteiger partial charge < -0.3 is 5.11 Å². The molecule has 0 unspecified atom stereocenters. The van der Waals surface area contributed by atoms with Crippen LogP contribution in [-0.2, 0) is 0 Å². The van der Waals surface area contributed by atoms with Gasteiger partial charge in [-0.05, 0) is 5.92 Å². The summed E-state index contributed by atoms with van der Waals surface area (Å²) >= 11 is 0. The lowest BCUT2D eigenvalue weighted by Gasteiger charge is -2.00. The first kappa shape index (κ1) is 6.38. The molecule has 0 bridgehead atoms. The summed E-state index contributed by atoms with van der Waals surface area (Å²) in [4.78, 5) is 0. The number of aliphatic hydroxyl groups excluding tert-OH is 1. The van der Waals surface area contributed by atoms with E-state index in [1.54, 1.807) is 0 Å². The molecule has 0 rings (SSSR count). The molecule has 0 aliphatic heterocycles. The Bertz CT molecular complexity index is 92.4. The Labute approximate surface area is 40.0 Å². The maximum absolute atomic E-state index is 11.4. The third kappa shape index (κ3) is 2.12. The number of halogens is 2. The van der Waals surface area contributed by atoms with Crippen LogP contribution in [0, 0.1) is 12.3 Å². The number of alkyl halides is 2. The SMILES string of the molecule is C#CC(F)(F)CO. The highest BCUT2D eigenvalue weighted by atomic mass is 19.3. The zero-order valence-electron chi connectivity index (χ0n) is 3.49. The van der Waals surface area contributed by atoms with Gasteiger partial charge in [-0.1, -0.05) is 0 Å². The quantitative estimate of drug-likeness (QED) is 0.475. The minimum absolute atomic E-state index is 1.11. The van der Waals surface area contributed by atoms with Crippen LogP contribution < -0.4 is 0 Å². The maximum Gasteiger partial charge on any atom is 0.330 e. The molecule has 0 saturated heterocycles. The molecule has 1 nitrogen and oxygen atoms in total. The van der Waals surface area contributed by atoms with Crippen LogP contribution in [0.15, 0.2) is 0 Å². The molecule has 7 heavy (non-hydrogen) atoms. The monoisotopic (exact) mass is 106 g/mol. The molecular formula is C4H4F2O. The second kappa shape index (κ2) is 1.90. The maximum atomic E-state index is 11.4. The van der Waals surface area contributed by atoms with Gasteiger partial charge in [-0.3, -0.25) is 0 Å². The molecule has 40 valence electrons. The second-order valence-electron chi connectivity index (χ2n) is 1.01. The third-order valence-corrected chi connectivity index (χ3v) is 0.410. The minimum Gasteiger partial charge on any atom is -0.389 e. The molecule has 0 spiro atoms. The van der Waals surface area contributed by atoms with E-state index in [9.17, 15) is 8.78 Å². The largest absolute Gasteiger partial charge is 0.389 e. The molecule has 1 N–H and O–H groups in total. The van der Waals surface area contributed by atoms with Crippen LogP contribution >= 0.6 is 0 Å². The highest BCUT2D eigenvalue weighted by Gasteiger charge is 2.22. The molecule has 0 aliphatic rings. The van der Waals surface area contributed by atoms with E-state index < -0.39 is 12.5 Å². The lowest BCUT2D eigenvalue weighted by Crippen LogP contribution is -2.17. The predicted molar refractivity (Wildman–Crippen MR) is 20.9 cm³/mol. The Morgan fingerprint density at radius 1 is 1.71 bits per heavy atom.